The zero-order valence-electron chi connectivity index (χ0n) is 10.9. The summed E-state index contributed by atoms with van der Waals surface area (Å²) in [5.41, 5.74) is 1.81. The fraction of sp³-hybridized carbons (Fsp3) is 0.214. The number of nitrogens with one attached hydrogen (secondary N) is 2. The van der Waals surface area contributed by atoms with Crippen LogP contribution >= 0.6 is 38.9 Å². The fourth-order valence-electron chi connectivity index (χ4n) is 1.73. The fourth-order valence-corrected chi connectivity index (χ4v) is 3.49. The van der Waals surface area contributed by atoms with Crippen LogP contribution in [-0.2, 0) is 13.1 Å². The van der Waals surface area contributed by atoms with E-state index in [1.165, 1.54) is 4.88 Å². The average molecular weight is 374 g/mol. The molecule has 2 N–H and O–H groups in total. The van der Waals surface area contributed by atoms with Crippen LogP contribution in [0.1, 0.15) is 20.8 Å². The van der Waals surface area contributed by atoms with E-state index in [0.29, 0.717) is 5.56 Å². The van der Waals surface area contributed by atoms with E-state index in [-0.39, 0.29) is 5.91 Å². The maximum Gasteiger partial charge on any atom is 0.251 e. The molecule has 0 aliphatic rings. The molecule has 0 aliphatic heterocycles. The van der Waals surface area contributed by atoms with Crippen LogP contribution in [0.15, 0.2) is 34.8 Å². The van der Waals surface area contributed by atoms with Crippen LogP contribution < -0.4 is 10.6 Å². The number of benzene rings is 1. The third kappa shape index (κ3) is 4.06. The van der Waals surface area contributed by atoms with Gasteiger partial charge in [0.1, 0.15) is 4.34 Å². The Balaban J connectivity index is 1.86. The average Bonchev–Trinajstić information content (AvgIpc) is 2.77. The number of carbonyl (C=O) groups is 1. The van der Waals surface area contributed by atoms with Crippen LogP contribution in [-0.4, -0.2) is 13.0 Å². The predicted molar refractivity (Wildman–Crippen MR) is 87.4 cm³/mol. The maximum atomic E-state index is 11.4. The Kier molecular flexibility index (Phi) is 5.60. The third-order valence-corrected chi connectivity index (χ3v) is 5.24. The SMILES string of the molecule is CNC(=O)c1ccc(CNCc2cc(Br)c(Cl)s2)cc1. The van der Waals surface area contributed by atoms with E-state index in [2.05, 4.69) is 26.6 Å². The van der Waals surface area contributed by atoms with E-state index in [9.17, 15) is 4.79 Å². The van der Waals surface area contributed by atoms with E-state index in [4.69, 9.17) is 11.6 Å². The summed E-state index contributed by atoms with van der Waals surface area (Å²) in [4.78, 5) is 12.6. The Hall–Kier alpha value is -0.880. The van der Waals surface area contributed by atoms with Crippen molar-refractivity contribution in [2.24, 2.45) is 0 Å². The second kappa shape index (κ2) is 7.22. The molecule has 1 heterocycles. The molecule has 2 rings (SSSR count). The van der Waals surface area contributed by atoms with Gasteiger partial charge in [0.15, 0.2) is 0 Å². The van der Waals surface area contributed by atoms with E-state index in [1.54, 1.807) is 18.4 Å². The number of halogens is 2. The predicted octanol–water partition coefficient (Wildman–Crippen LogP) is 3.81. The first-order valence-electron chi connectivity index (χ1n) is 6.05. The minimum Gasteiger partial charge on any atom is -0.355 e. The van der Waals surface area contributed by atoms with Crippen molar-refractivity contribution in [2.45, 2.75) is 13.1 Å². The molecular formula is C14H14BrClN2OS. The van der Waals surface area contributed by atoms with Gasteiger partial charge in [0.2, 0.25) is 0 Å². The van der Waals surface area contributed by atoms with E-state index in [1.807, 2.05) is 30.3 Å². The van der Waals surface area contributed by atoms with Gasteiger partial charge >= 0.3 is 0 Å². The van der Waals surface area contributed by atoms with Gasteiger partial charge in [0.25, 0.3) is 5.91 Å². The summed E-state index contributed by atoms with van der Waals surface area (Å²) in [6.45, 7) is 1.52. The standard InChI is InChI=1S/C14H14BrClN2OS/c1-17-14(19)10-4-2-9(3-5-10)7-18-8-11-6-12(15)13(16)20-11/h2-6,18H,7-8H2,1H3,(H,17,19). The highest BCUT2D eigenvalue weighted by molar-refractivity contribution is 9.10. The van der Waals surface area contributed by atoms with Crippen LogP contribution in [0.4, 0.5) is 0 Å². The lowest BCUT2D eigenvalue weighted by Gasteiger charge is -2.05. The van der Waals surface area contributed by atoms with Crippen LogP contribution in [0.5, 0.6) is 0 Å². The summed E-state index contributed by atoms with van der Waals surface area (Å²) in [5, 5.41) is 5.95. The molecule has 3 nitrogen and oxygen atoms in total. The first-order chi connectivity index (χ1) is 9.60. The maximum absolute atomic E-state index is 11.4. The molecule has 0 aliphatic carbocycles. The second-order valence-corrected chi connectivity index (χ2v) is 6.81. The molecule has 0 unspecified atom stereocenters. The quantitative estimate of drug-likeness (QED) is 0.836. The molecule has 1 aromatic carbocycles. The lowest BCUT2D eigenvalue weighted by atomic mass is 10.1. The molecule has 1 aromatic heterocycles. The molecule has 106 valence electrons. The van der Waals surface area contributed by atoms with Gasteiger partial charge in [-0.05, 0) is 39.7 Å². The lowest BCUT2D eigenvalue weighted by molar-refractivity contribution is 0.0963. The number of hydrogen-bond acceptors (Lipinski definition) is 3. The normalized spacial score (nSPS) is 10.6. The summed E-state index contributed by atoms with van der Waals surface area (Å²) in [7, 11) is 1.63. The summed E-state index contributed by atoms with van der Waals surface area (Å²) in [6, 6.07) is 9.58. The van der Waals surface area contributed by atoms with Crippen molar-refractivity contribution < 1.29 is 4.79 Å². The van der Waals surface area contributed by atoms with Crippen LogP contribution in [0, 0.1) is 0 Å². The summed E-state index contributed by atoms with van der Waals surface area (Å²) in [5.74, 6) is -0.0670. The highest BCUT2D eigenvalue weighted by atomic mass is 79.9. The zero-order valence-corrected chi connectivity index (χ0v) is 14.0. The largest absolute Gasteiger partial charge is 0.355 e. The molecule has 0 fully saturated rings. The van der Waals surface area contributed by atoms with Gasteiger partial charge < -0.3 is 10.6 Å². The number of rotatable bonds is 5. The second-order valence-electron chi connectivity index (χ2n) is 4.21. The summed E-state index contributed by atoms with van der Waals surface area (Å²) < 4.78 is 1.72. The first-order valence-corrected chi connectivity index (χ1v) is 8.04. The third-order valence-electron chi connectivity index (χ3n) is 2.77. The molecule has 2 aromatic rings. The van der Waals surface area contributed by atoms with Crippen LogP contribution in [0.2, 0.25) is 4.34 Å². The zero-order chi connectivity index (χ0) is 14.5. The molecule has 6 heteroatoms. The molecule has 0 atom stereocenters. The number of thiophene rings is 1. The van der Waals surface area contributed by atoms with E-state index < -0.39 is 0 Å². The van der Waals surface area contributed by atoms with Crippen molar-refractivity contribution in [3.63, 3.8) is 0 Å². The van der Waals surface area contributed by atoms with E-state index in [0.717, 1.165) is 27.5 Å². The van der Waals surface area contributed by atoms with Crippen molar-refractivity contribution >= 4 is 44.8 Å². The van der Waals surface area contributed by atoms with Crippen molar-refractivity contribution in [3.8, 4) is 0 Å². The minimum absolute atomic E-state index is 0.0670. The number of hydrogen-bond donors (Lipinski definition) is 2. The molecule has 0 saturated heterocycles. The van der Waals surface area contributed by atoms with Crippen molar-refractivity contribution in [3.05, 3.63) is 55.1 Å². The van der Waals surface area contributed by atoms with Gasteiger partial charge in [-0.25, -0.2) is 0 Å². The lowest BCUT2D eigenvalue weighted by Crippen LogP contribution is -2.18. The highest BCUT2D eigenvalue weighted by Gasteiger charge is 2.05. The van der Waals surface area contributed by atoms with Gasteiger partial charge in [-0.3, -0.25) is 4.79 Å². The molecule has 0 radical (unpaired) electrons. The number of amides is 1. The molecule has 1 amide bonds. The monoisotopic (exact) mass is 372 g/mol. The minimum atomic E-state index is -0.0670. The molecule has 0 saturated carbocycles. The topological polar surface area (TPSA) is 41.1 Å². The smallest absolute Gasteiger partial charge is 0.251 e. The summed E-state index contributed by atoms with van der Waals surface area (Å²) >= 11 is 10.9. The van der Waals surface area contributed by atoms with Gasteiger partial charge in [0, 0.05) is 35.1 Å². The van der Waals surface area contributed by atoms with Crippen LogP contribution in [0.25, 0.3) is 0 Å². The summed E-state index contributed by atoms with van der Waals surface area (Å²) in [6.07, 6.45) is 0. The Bertz CT molecular complexity index is 578. The molecular weight excluding hydrogens is 360 g/mol. The Morgan fingerprint density at radius 3 is 2.55 bits per heavy atom. The molecule has 20 heavy (non-hydrogen) atoms. The first kappa shape index (κ1) is 15.5. The van der Waals surface area contributed by atoms with E-state index >= 15 is 0 Å². The van der Waals surface area contributed by atoms with Crippen molar-refractivity contribution in [1.29, 1.82) is 0 Å². The van der Waals surface area contributed by atoms with Gasteiger partial charge in [-0.2, -0.15) is 0 Å². The van der Waals surface area contributed by atoms with Crippen molar-refractivity contribution in [2.75, 3.05) is 7.05 Å². The van der Waals surface area contributed by atoms with Gasteiger partial charge in [-0.15, -0.1) is 11.3 Å². The molecule has 0 spiro atoms. The van der Waals surface area contributed by atoms with Crippen LogP contribution in [0.3, 0.4) is 0 Å². The number of carbonyl (C=O) groups excluding carboxylic acids is 1. The Morgan fingerprint density at radius 1 is 1.30 bits per heavy atom. The van der Waals surface area contributed by atoms with Gasteiger partial charge in [-0.1, -0.05) is 23.7 Å². The van der Waals surface area contributed by atoms with Crippen molar-refractivity contribution in [1.82, 2.24) is 10.6 Å². The Labute approximate surface area is 135 Å². The highest BCUT2D eigenvalue weighted by Crippen LogP contribution is 2.31. The molecule has 0 bridgehead atoms. The Morgan fingerprint density at radius 2 is 2.00 bits per heavy atom. The van der Waals surface area contributed by atoms with Gasteiger partial charge in [0.05, 0.1) is 0 Å².